The number of Topliss-reactive ketones (excluding diaryl/α,β-unsaturated/α-hetero) is 1. The van der Waals surface area contributed by atoms with Gasteiger partial charge in [-0.15, -0.1) is 5.10 Å². The molecule has 3 heterocycles. The van der Waals surface area contributed by atoms with Gasteiger partial charge in [-0.25, -0.2) is 9.31 Å². The normalized spacial score (nSPS) is 18.6. The first-order valence-electron chi connectivity index (χ1n) is 10.7. The maximum atomic E-state index is 12.9. The van der Waals surface area contributed by atoms with Gasteiger partial charge in [-0.2, -0.15) is 0 Å². The van der Waals surface area contributed by atoms with Crippen molar-refractivity contribution in [1.29, 1.82) is 0 Å². The molecule has 2 aliphatic rings. The van der Waals surface area contributed by atoms with Crippen LogP contribution in [0, 0.1) is 18.8 Å². The summed E-state index contributed by atoms with van der Waals surface area (Å²) in [5.41, 5.74) is 4.04. The van der Waals surface area contributed by atoms with E-state index >= 15 is 0 Å². The molecule has 1 N–H and O–H groups in total. The average Bonchev–Trinajstić information content (AvgIpc) is 3.37. The van der Waals surface area contributed by atoms with Crippen molar-refractivity contribution in [2.75, 3.05) is 18.4 Å². The number of rotatable bonds is 4. The van der Waals surface area contributed by atoms with Gasteiger partial charge in [-0.3, -0.25) is 4.79 Å². The van der Waals surface area contributed by atoms with Crippen LogP contribution in [0.5, 0.6) is 0 Å². The fourth-order valence-corrected chi connectivity index (χ4v) is 4.46. The van der Waals surface area contributed by atoms with Crippen LogP contribution >= 0.6 is 0 Å². The van der Waals surface area contributed by atoms with E-state index in [0.29, 0.717) is 19.5 Å². The molecule has 1 aliphatic heterocycles. The maximum Gasteiger partial charge on any atom is 0.321 e. The Morgan fingerprint density at radius 1 is 1.16 bits per heavy atom. The van der Waals surface area contributed by atoms with Crippen LogP contribution in [0.2, 0.25) is 0 Å². The zero-order valence-corrected chi connectivity index (χ0v) is 17.5. The topological polar surface area (TPSA) is 79.6 Å². The van der Waals surface area contributed by atoms with Gasteiger partial charge in [0.05, 0.1) is 11.7 Å². The summed E-state index contributed by atoms with van der Waals surface area (Å²) in [5.74, 6) is 0.383. The smallest absolute Gasteiger partial charge is 0.321 e. The summed E-state index contributed by atoms with van der Waals surface area (Å²) in [6.45, 7) is 3.23. The molecule has 7 nitrogen and oxygen atoms in total. The Balaban J connectivity index is 1.16. The average molecular weight is 415 g/mol. The van der Waals surface area contributed by atoms with Crippen LogP contribution in [0.1, 0.15) is 30.4 Å². The van der Waals surface area contributed by atoms with E-state index in [4.69, 9.17) is 0 Å². The van der Waals surface area contributed by atoms with E-state index < -0.39 is 0 Å². The van der Waals surface area contributed by atoms with Gasteiger partial charge in [0.25, 0.3) is 0 Å². The Morgan fingerprint density at radius 3 is 2.71 bits per heavy atom. The van der Waals surface area contributed by atoms with E-state index in [2.05, 4.69) is 33.9 Å². The number of benzene rings is 1. The van der Waals surface area contributed by atoms with E-state index in [-0.39, 0.29) is 23.7 Å². The molecule has 1 atom stereocenters. The Morgan fingerprint density at radius 2 is 1.94 bits per heavy atom. The summed E-state index contributed by atoms with van der Waals surface area (Å²) >= 11 is 0. The molecule has 31 heavy (non-hydrogen) atoms. The highest BCUT2D eigenvalue weighted by atomic mass is 16.2. The number of amides is 2. The molecule has 0 bridgehead atoms. The van der Waals surface area contributed by atoms with E-state index in [1.54, 1.807) is 15.6 Å². The van der Waals surface area contributed by atoms with Gasteiger partial charge in [0.1, 0.15) is 5.78 Å². The molecule has 1 saturated heterocycles. The summed E-state index contributed by atoms with van der Waals surface area (Å²) in [4.78, 5) is 27.3. The lowest BCUT2D eigenvalue weighted by atomic mass is 9.86. The number of urea groups is 1. The summed E-state index contributed by atoms with van der Waals surface area (Å²) in [5, 5.41) is 12.0. The number of fused-ring (bicyclic) bond motifs is 3. The first-order chi connectivity index (χ1) is 15.1. The van der Waals surface area contributed by atoms with Crippen LogP contribution in [0.15, 0.2) is 42.7 Å². The number of hydrogen-bond donors (Lipinski definition) is 1. The van der Waals surface area contributed by atoms with Gasteiger partial charge >= 0.3 is 6.03 Å². The number of piperidine rings is 1. The fourth-order valence-electron chi connectivity index (χ4n) is 4.46. The van der Waals surface area contributed by atoms with Crippen LogP contribution in [0.3, 0.4) is 0 Å². The molecular formula is C24H25N5O2. The Bertz CT molecular complexity index is 1200. The van der Waals surface area contributed by atoms with Crippen LogP contribution < -0.4 is 10.5 Å². The largest absolute Gasteiger partial charge is 0.324 e. The monoisotopic (exact) mass is 415 g/mol. The second-order valence-electron chi connectivity index (χ2n) is 8.48. The number of hydrogen-bond acceptors (Lipinski definition) is 4. The molecule has 3 aromatic rings. The third-order valence-electron chi connectivity index (χ3n) is 6.30. The molecule has 2 aromatic heterocycles. The number of ketones is 1. The van der Waals surface area contributed by atoms with Crippen molar-refractivity contribution in [3.63, 3.8) is 0 Å². The third kappa shape index (κ3) is 3.95. The van der Waals surface area contributed by atoms with Crippen LogP contribution in [0.25, 0.3) is 17.7 Å². The predicted octanol–water partition coefficient (Wildman–Crippen LogP) is 3.08. The summed E-state index contributed by atoms with van der Waals surface area (Å²) in [6, 6.07) is 7.67. The van der Waals surface area contributed by atoms with Gasteiger partial charge in [0, 0.05) is 54.0 Å². The standard InChI is InChI=1S/C24H25N5O2/c1-16-2-6-20(7-3-16)26-24(31)28-10-8-18(9-11-28)23(30)13-17-4-5-19-15-29-22(14-25-27-29)21(19)12-17/h2-7,12,14-15,17-18H,8-11,13H2,1H3,(H,26,31). The van der Waals surface area contributed by atoms with Crippen molar-refractivity contribution in [1.82, 2.24) is 19.7 Å². The number of nitrogens with zero attached hydrogens (tertiary/aromatic N) is 4. The molecule has 1 aromatic carbocycles. The third-order valence-corrected chi connectivity index (χ3v) is 6.30. The van der Waals surface area contributed by atoms with E-state index in [1.807, 2.05) is 37.4 Å². The minimum absolute atomic E-state index is 0.0166. The fraction of sp³-hybridized carbons (Fsp3) is 0.333. The molecule has 0 radical (unpaired) electrons. The zero-order valence-electron chi connectivity index (χ0n) is 17.5. The van der Waals surface area contributed by atoms with E-state index in [9.17, 15) is 9.59 Å². The first-order valence-corrected chi connectivity index (χ1v) is 10.7. The van der Waals surface area contributed by atoms with Gasteiger partial charge in [-0.05, 0) is 31.9 Å². The number of likely N-dealkylation sites (tertiary alicyclic amines) is 1. The quantitative estimate of drug-likeness (QED) is 0.710. The minimum Gasteiger partial charge on any atom is -0.324 e. The molecule has 2 amide bonds. The lowest BCUT2D eigenvalue weighted by Crippen LogP contribution is -2.42. The molecule has 1 aliphatic carbocycles. The molecule has 1 unspecified atom stereocenters. The highest BCUT2D eigenvalue weighted by Gasteiger charge is 2.28. The van der Waals surface area contributed by atoms with E-state index in [0.717, 1.165) is 40.4 Å². The highest BCUT2D eigenvalue weighted by molar-refractivity contribution is 5.90. The highest BCUT2D eigenvalue weighted by Crippen LogP contribution is 2.24. The molecule has 5 rings (SSSR count). The second kappa shape index (κ2) is 7.98. The van der Waals surface area contributed by atoms with Gasteiger partial charge in [0.2, 0.25) is 0 Å². The van der Waals surface area contributed by atoms with Gasteiger partial charge < -0.3 is 10.2 Å². The summed E-state index contributed by atoms with van der Waals surface area (Å²) in [7, 11) is 0. The second-order valence-corrected chi connectivity index (χ2v) is 8.48. The minimum atomic E-state index is -0.0968. The lowest BCUT2D eigenvalue weighted by molar-refractivity contribution is -0.124. The number of aromatic nitrogens is 3. The predicted molar refractivity (Wildman–Crippen MR) is 119 cm³/mol. The number of allylic oxidation sites excluding steroid dienone is 1. The molecule has 0 spiro atoms. The summed E-state index contributed by atoms with van der Waals surface area (Å²) in [6.07, 6.45) is 12.0. The lowest BCUT2D eigenvalue weighted by Gasteiger charge is -2.31. The number of anilines is 1. The summed E-state index contributed by atoms with van der Waals surface area (Å²) < 4.78 is 1.77. The van der Waals surface area contributed by atoms with Crippen molar-refractivity contribution in [3.05, 3.63) is 59.1 Å². The van der Waals surface area contributed by atoms with Crippen LogP contribution in [-0.2, 0) is 4.79 Å². The van der Waals surface area contributed by atoms with Crippen molar-refractivity contribution >= 4 is 35.2 Å². The Labute approximate surface area is 180 Å². The van der Waals surface area contributed by atoms with Crippen molar-refractivity contribution in [3.8, 4) is 0 Å². The molecular weight excluding hydrogens is 390 g/mol. The first kappa shape index (κ1) is 19.5. The molecule has 0 saturated carbocycles. The molecule has 1 fully saturated rings. The van der Waals surface area contributed by atoms with E-state index in [1.165, 1.54) is 0 Å². The zero-order chi connectivity index (χ0) is 21.4. The number of carbonyl (C=O) groups is 2. The SMILES string of the molecule is Cc1ccc(NC(=O)N2CCC(C(=O)CC3C=Cc4cn5nncc5c4=C3)CC2)cc1. The Hall–Kier alpha value is -3.48. The molecule has 158 valence electrons. The van der Waals surface area contributed by atoms with Crippen LogP contribution in [0.4, 0.5) is 10.5 Å². The van der Waals surface area contributed by atoms with Gasteiger partial charge in [0.15, 0.2) is 0 Å². The maximum absolute atomic E-state index is 12.9. The van der Waals surface area contributed by atoms with Crippen molar-refractivity contribution < 1.29 is 9.59 Å². The van der Waals surface area contributed by atoms with Crippen LogP contribution in [-0.4, -0.2) is 44.6 Å². The number of carbonyl (C=O) groups excluding carboxylic acids is 2. The number of nitrogens with one attached hydrogen (secondary N) is 1. The van der Waals surface area contributed by atoms with Crippen molar-refractivity contribution in [2.45, 2.75) is 26.2 Å². The van der Waals surface area contributed by atoms with Crippen molar-refractivity contribution in [2.24, 2.45) is 11.8 Å². The van der Waals surface area contributed by atoms with Gasteiger partial charge in [-0.1, -0.05) is 41.1 Å². The molecule has 7 heteroatoms. The Kier molecular flexibility index (Phi) is 5.02. The number of aryl methyl sites for hydroxylation is 1.